The second-order valence-electron chi connectivity index (χ2n) is 4.09. The molecule has 0 rings (SSSR count). The third kappa shape index (κ3) is 9.21. The van der Waals surface area contributed by atoms with Gasteiger partial charge in [0.25, 0.3) is 0 Å². The molecule has 0 spiro atoms. The average Bonchev–Trinajstić information content (AvgIpc) is 2.39. The Labute approximate surface area is 119 Å². The Bertz CT molecular complexity index is 204. The molecule has 0 atom stereocenters. The van der Waals surface area contributed by atoms with Crippen molar-refractivity contribution in [1.29, 1.82) is 0 Å². The van der Waals surface area contributed by atoms with Crippen molar-refractivity contribution in [2.45, 2.75) is 53.0 Å². The van der Waals surface area contributed by atoms with Crippen LogP contribution in [-0.4, -0.2) is 35.2 Å². The minimum Gasteiger partial charge on any atom is -0.502 e. The van der Waals surface area contributed by atoms with Crippen LogP contribution >= 0.6 is 0 Å². The van der Waals surface area contributed by atoms with Crippen LogP contribution in [0, 0.1) is 0 Å². The lowest BCUT2D eigenvalue weighted by Gasteiger charge is -2.28. The molecule has 0 aliphatic heterocycles. The first kappa shape index (κ1) is 18.6. The molecule has 0 N–H and O–H groups in total. The minimum absolute atomic E-state index is 0.641. The van der Waals surface area contributed by atoms with Gasteiger partial charge in [0.05, 0.1) is 12.9 Å². The summed E-state index contributed by atoms with van der Waals surface area (Å²) in [5.74, 6) is 0. The summed E-state index contributed by atoms with van der Waals surface area (Å²) >= 11 is 0. The summed E-state index contributed by atoms with van der Waals surface area (Å²) in [6.45, 7) is 10.7. The van der Waals surface area contributed by atoms with Crippen LogP contribution in [0.3, 0.4) is 0 Å². The monoisotopic (exact) mass is 290 g/mol. The maximum atomic E-state index is 5.80. The molecule has 0 aliphatic rings. The summed E-state index contributed by atoms with van der Waals surface area (Å²) in [7, 11) is -2.44. The number of hydrogen-bond donors (Lipinski definition) is 0. The summed E-state index contributed by atoms with van der Waals surface area (Å²) in [6, 6.07) is 0.864. The molecule has 0 heterocycles. The molecule has 4 nitrogen and oxygen atoms in total. The van der Waals surface area contributed by atoms with Crippen molar-refractivity contribution < 1.29 is 18.0 Å². The third-order valence-electron chi connectivity index (χ3n) is 2.52. The maximum Gasteiger partial charge on any atom is 0.500 e. The van der Waals surface area contributed by atoms with E-state index in [1.807, 2.05) is 26.8 Å². The molecule has 0 unspecified atom stereocenters. The van der Waals surface area contributed by atoms with Crippen LogP contribution in [0.15, 0.2) is 12.3 Å². The van der Waals surface area contributed by atoms with E-state index in [-0.39, 0.29) is 0 Å². The van der Waals surface area contributed by atoms with Crippen LogP contribution in [0.1, 0.15) is 47.0 Å². The lowest BCUT2D eigenvalue weighted by Crippen LogP contribution is -2.45. The SMILES string of the molecule is CCC=COCCCC[Si](OCC)(OCC)OCC. The Balaban J connectivity index is 3.99. The first-order valence-corrected chi connectivity index (χ1v) is 9.36. The highest BCUT2D eigenvalue weighted by Crippen LogP contribution is 2.19. The fourth-order valence-corrected chi connectivity index (χ4v) is 4.45. The Hall–Kier alpha value is -0.363. The van der Waals surface area contributed by atoms with Gasteiger partial charge in [0.2, 0.25) is 0 Å². The number of hydrogen-bond acceptors (Lipinski definition) is 4. The lowest BCUT2D eigenvalue weighted by atomic mass is 10.4. The molecule has 0 fully saturated rings. The molecular weight excluding hydrogens is 260 g/mol. The van der Waals surface area contributed by atoms with Crippen molar-refractivity contribution in [1.82, 2.24) is 0 Å². The van der Waals surface area contributed by atoms with E-state index in [9.17, 15) is 0 Å². The van der Waals surface area contributed by atoms with Gasteiger partial charge in [0, 0.05) is 25.9 Å². The number of unbranched alkanes of at least 4 members (excludes halogenated alkanes) is 1. The summed E-state index contributed by atoms with van der Waals surface area (Å²) in [6.07, 6.45) is 6.80. The zero-order chi connectivity index (χ0) is 14.4. The van der Waals surface area contributed by atoms with Gasteiger partial charge in [-0.2, -0.15) is 0 Å². The smallest absolute Gasteiger partial charge is 0.500 e. The van der Waals surface area contributed by atoms with Crippen LogP contribution in [-0.2, 0) is 18.0 Å². The van der Waals surface area contributed by atoms with Gasteiger partial charge < -0.3 is 18.0 Å². The molecule has 0 saturated heterocycles. The van der Waals surface area contributed by atoms with Crippen LogP contribution < -0.4 is 0 Å². The minimum atomic E-state index is -2.44. The number of ether oxygens (including phenoxy) is 1. The molecule has 0 aliphatic carbocycles. The summed E-state index contributed by atoms with van der Waals surface area (Å²) in [4.78, 5) is 0. The van der Waals surface area contributed by atoms with Crippen LogP contribution in [0.25, 0.3) is 0 Å². The van der Waals surface area contributed by atoms with Crippen molar-refractivity contribution in [3.05, 3.63) is 12.3 Å². The molecule has 0 aromatic heterocycles. The van der Waals surface area contributed by atoms with E-state index in [1.54, 1.807) is 6.26 Å². The van der Waals surface area contributed by atoms with E-state index in [1.165, 1.54) is 0 Å². The fourth-order valence-electron chi connectivity index (χ4n) is 1.76. The topological polar surface area (TPSA) is 36.9 Å². The Kier molecular flexibility index (Phi) is 12.4. The van der Waals surface area contributed by atoms with Gasteiger partial charge >= 0.3 is 8.80 Å². The van der Waals surface area contributed by atoms with E-state index in [4.69, 9.17) is 18.0 Å². The van der Waals surface area contributed by atoms with Crippen molar-refractivity contribution in [3.8, 4) is 0 Å². The Morgan fingerprint density at radius 1 is 0.842 bits per heavy atom. The van der Waals surface area contributed by atoms with Crippen molar-refractivity contribution >= 4 is 8.80 Å². The lowest BCUT2D eigenvalue weighted by molar-refractivity contribution is 0.0702. The van der Waals surface area contributed by atoms with Gasteiger partial charge in [0.15, 0.2) is 0 Å². The molecule has 0 amide bonds. The van der Waals surface area contributed by atoms with Crippen LogP contribution in [0.2, 0.25) is 6.04 Å². The van der Waals surface area contributed by atoms with E-state index in [0.29, 0.717) is 19.8 Å². The predicted octanol–water partition coefficient (Wildman–Crippen LogP) is 3.76. The first-order valence-electron chi connectivity index (χ1n) is 7.43. The molecule has 0 radical (unpaired) electrons. The predicted molar refractivity (Wildman–Crippen MR) is 80.1 cm³/mol. The molecular formula is C14H30O4Si. The van der Waals surface area contributed by atoms with Gasteiger partial charge in [-0.3, -0.25) is 0 Å². The summed E-state index contributed by atoms with van der Waals surface area (Å²) in [5, 5.41) is 0. The Morgan fingerprint density at radius 3 is 1.89 bits per heavy atom. The number of allylic oxidation sites excluding steroid dienone is 1. The van der Waals surface area contributed by atoms with Crippen molar-refractivity contribution in [2.24, 2.45) is 0 Å². The van der Waals surface area contributed by atoms with Gasteiger partial charge in [0.1, 0.15) is 0 Å². The van der Waals surface area contributed by atoms with E-state index in [2.05, 4.69) is 6.92 Å². The summed E-state index contributed by atoms with van der Waals surface area (Å²) < 4.78 is 22.8. The standard InChI is InChI=1S/C14H30O4Si/c1-5-9-12-15-13-10-11-14-19(16-6-2,17-7-3)18-8-4/h9,12H,5-8,10-11,13-14H2,1-4H3. The van der Waals surface area contributed by atoms with Gasteiger partial charge in [-0.15, -0.1) is 0 Å². The van der Waals surface area contributed by atoms with Gasteiger partial charge in [-0.25, -0.2) is 0 Å². The second-order valence-corrected chi connectivity index (χ2v) is 6.82. The maximum absolute atomic E-state index is 5.80. The third-order valence-corrected chi connectivity index (χ3v) is 5.67. The average molecular weight is 290 g/mol. The first-order chi connectivity index (χ1) is 9.24. The largest absolute Gasteiger partial charge is 0.502 e. The van der Waals surface area contributed by atoms with Crippen molar-refractivity contribution in [2.75, 3.05) is 26.4 Å². The highest BCUT2D eigenvalue weighted by Gasteiger charge is 2.39. The molecule has 0 aromatic carbocycles. The van der Waals surface area contributed by atoms with E-state index >= 15 is 0 Å². The second kappa shape index (κ2) is 12.7. The Morgan fingerprint density at radius 2 is 1.42 bits per heavy atom. The summed E-state index contributed by atoms with van der Waals surface area (Å²) in [5.41, 5.74) is 0. The quantitative estimate of drug-likeness (QED) is 0.294. The van der Waals surface area contributed by atoms with Crippen LogP contribution in [0.4, 0.5) is 0 Å². The molecule has 0 saturated carbocycles. The molecule has 5 heteroatoms. The van der Waals surface area contributed by atoms with E-state index in [0.717, 1.165) is 31.9 Å². The zero-order valence-electron chi connectivity index (χ0n) is 12.9. The molecule has 19 heavy (non-hydrogen) atoms. The molecule has 0 aromatic rings. The van der Waals surface area contributed by atoms with Crippen molar-refractivity contribution in [3.63, 3.8) is 0 Å². The molecule has 114 valence electrons. The highest BCUT2D eigenvalue weighted by atomic mass is 28.4. The van der Waals surface area contributed by atoms with Crippen LogP contribution in [0.5, 0.6) is 0 Å². The normalized spacial score (nSPS) is 12.2. The van der Waals surface area contributed by atoms with Gasteiger partial charge in [-0.05, 0) is 40.0 Å². The fraction of sp³-hybridized carbons (Fsp3) is 0.857. The van der Waals surface area contributed by atoms with Gasteiger partial charge in [-0.1, -0.05) is 13.0 Å². The molecule has 0 bridgehead atoms. The highest BCUT2D eigenvalue weighted by molar-refractivity contribution is 6.60. The van der Waals surface area contributed by atoms with E-state index < -0.39 is 8.80 Å². The number of rotatable bonds is 13. The zero-order valence-corrected chi connectivity index (χ0v) is 13.9.